The van der Waals surface area contributed by atoms with Crippen molar-refractivity contribution < 1.29 is 9.90 Å². The molecule has 7 heteroatoms. The first-order chi connectivity index (χ1) is 11.5. The van der Waals surface area contributed by atoms with Gasteiger partial charge in [-0.15, -0.1) is 0 Å². The summed E-state index contributed by atoms with van der Waals surface area (Å²) in [6.07, 6.45) is 2.24. The minimum absolute atomic E-state index is 0.0221. The number of aryl methyl sites for hydroxylation is 2. The van der Waals surface area contributed by atoms with Crippen LogP contribution in [0.5, 0.6) is 0 Å². The molecule has 2 aliphatic rings. The zero-order valence-electron chi connectivity index (χ0n) is 13.9. The topological polar surface area (TPSA) is 99.5 Å². The zero-order valence-corrected chi connectivity index (χ0v) is 13.9. The summed E-state index contributed by atoms with van der Waals surface area (Å²) in [7, 11) is 0. The third kappa shape index (κ3) is 2.43. The molecule has 24 heavy (non-hydrogen) atoms. The summed E-state index contributed by atoms with van der Waals surface area (Å²) in [6.45, 7) is 3.96. The second-order valence-corrected chi connectivity index (χ2v) is 7.17. The van der Waals surface area contributed by atoms with Crippen LogP contribution in [0.4, 0.5) is 0 Å². The number of hydrogen-bond acceptors (Lipinski definition) is 4. The van der Waals surface area contributed by atoms with E-state index in [1.54, 1.807) is 4.52 Å². The van der Waals surface area contributed by atoms with Crippen molar-refractivity contribution in [2.45, 2.75) is 39.2 Å². The van der Waals surface area contributed by atoms with E-state index in [-0.39, 0.29) is 30.5 Å². The highest BCUT2D eigenvalue weighted by Crippen LogP contribution is 2.55. The Morgan fingerprint density at radius 1 is 1.42 bits per heavy atom. The smallest absolute Gasteiger partial charge is 0.266 e. The van der Waals surface area contributed by atoms with E-state index < -0.39 is 0 Å². The number of nitrogens with one attached hydrogen (secondary N) is 2. The van der Waals surface area contributed by atoms with Crippen LogP contribution in [0.15, 0.2) is 10.9 Å². The molecule has 0 unspecified atom stereocenters. The van der Waals surface area contributed by atoms with Crippen molar-refractivity contribution in [1.29, 1.82) is 0 Å². The maximum Gasteiger partial charge on any atom is 0.266 e. The SMILES string of the molecule is Cc1nc2cc(=O)[nH]n2c(C)c1CC(=O)N[C@H]1C[C@@H](CO)[C@@H]2C[C@@H]21. The molecule has 0 saturated heterocycles. The van der Waals surface area contributed by atoms with Crippen LogP contribution in [0.3, 0.4) is 0 Å². The lowest BCUT2D eigenvalue weighted by molar-refractivity contribution is -0.121. The summed E-state index contributed by atoms with van der Waals surface area (Å²) in [5.41, 5.74) is 2.81. The van der Waals surface area contributed by atoms with Gasteiger partial charge in [0.1, 0.15) is 0 Å². The van der Waals surface area contributed by atoms with E-state index in [1.165, 1.54) is 6.07 Å². The van der Waals surface area contributed by atoms with Gasteiger partial charge in [0.25, 0.3) is 5.56 Å². The van der Waals surface area contributed by atoms with Gasteiger partial charge in [-0.1, -0.05) is 0 Å². The quantitative estimate of drug-likeness (QED) is 0.751. The van der Waals surface area contributed by atoms with Gasteiger partial charge in [0, 0.05) is 35.7 Å². The maximum absolute atomic E-state index is 12.5. The Balaban J connectivity index is 1.52. The molecule has 4 atom stereocenters. The summed E-state index contributed by atoms with van der Waals surface area (Å²) >= 11 is 0. The Hall–Kier alpha value is -2.15. The second kappa shape index (κ2) is 5.44. The molecule has 3 N–H and O–H groups in total. The summed E-state index contributed by atoms with van der Waals surface area (Å²) in [5.74, 6) is 1.44. The molecule has 2 aromatic rings. The molecule has 2 aliphatic carbocycles. The molecule has 7 nitrogen and oxygen atoms in total. The van der Waals surface area contributed by atoms with Gasteiger partial charge in [0.15, 0.2) is 5.65 Å². The fourth-order valence-electron chi connectivity index (χ4n) is 4.32. The van der Waals surface area contributed by atoms with E-state index >= 15 is 0 Å². The number of aromatic nitrogens is 3. The Kier molecular flexibility index (Phi) is 3.49. The molecule has 0 radical (unpaired) electrons. The Morgan fingerprint density at radius 3 is 2.92 bits per heavy atom. The monoisotopic (exact) mass is 330 g/mol. The van der Waals surface area contributed by atoms with Gasteiger partial charge in [-0.2, -0.15) is 0 Å². The molecule has 2 saturated carbocycles. The van der Waals surface area contributed by atoms with Crippen LogP contribution >= 0.6 is 0 Å². The first-order valence-corrected chi connectivity index (χ1v) is 8.46. The van der Waals surface area contributed by atoms with Crippen molar-refractivity contribution in [1.82, 2.24) is 19.9 Å². The minimum Gasteiger partial charge on any atom is -0.396 e. The summed E-state index contributed by atoms with van der Waals surface area (Å²) in [4.78, 5) is 28.4. The van der Waals surface area contributed by atoms with Crippen LogP contribution in [-0.2, 0) is 11.2 Å². The van der Waals surface area contributed by atoms with Crippen molar-refractivity contribution in [2.24, 2.45) is 17.8 Å². The van der Waals surface area contributed by atoms with Gasteiger partial charge < -0.3 is 10.4 Å². The summed E-state index contributed by atoms with van der Waals surface area (Å²) in [6, 6.07) is 1.63. The molecule has 2 aromatic heterocycles. The average molecular weight is 330 g/mol. The van der Waals surface area contributed by atoms with Crippen LogP contribution in [0.2, 0.25) is 0 Å². The predicted molar refractivity (Wildman–Crippen MR) is 87.7 cm³/mol. The van der Waals surface area contributed by atoms with Crippen molar-refractivity contribution in [2.75, 3.05) is 6.61 Å². The number of nitrogens with zero attached hydrogens (tertiary/aromatic N) is 2. The van der Waals surface area contributed by atoms with Crippen LogP contribution in [-0.4, -0.2) is 38.3 Å². The highest BCUT2D eigenvalue weighted by atomic mass is 16.3. The van der Waals surface area contributed by atoms with Gasteiger partial charge in [0.2, 0.25) is 5.91 Å². The summed E-state index contributed by atoms with van der Waals surface area (Å²) < 4.78 is 1.63. The van der Waals surface area contributed by atoms with Crippen molar-refractivity contribution in [3.63, 3.8) is 0 Å². The number of H-pyrrole nitrogens is 1. The normalized spacial score (nSPS) is 28.1. The lowest BCUT2D eigenvalue weighted by Gasteiger charge is -2.17. The first kappa shape index (κ1) is 15.4. The van der Waals surface area contributed by atoms with Gasteiger partial charge >= 0.3 is 0 Å². The van der Waals surface area contributed by atoms with Crippen LogP contribution in [0.25, 0.3) is 5.65 Å². The summed E-state index contributed by atoms with van der Waals surface area (Å²) in [5, 5.41) is 15.2. The van der Waals surface area contributed by atoms with Crippen LogP contribution in [0.1, 0.15) is 29.8 Å². The van der Waals surface area contributed by atoms with Gasteiger partial charge in [-0.3, -0.25) is 14.7 Å². The first-order valence-electron chi connectivity index (χ1n) is 8.46. The third-order valence-electron chi connectivity index (χ3n) is 5.69. The molecule has 0 spiro atoms. The molecular weight excluding hydrogens is 308 g/mol. The number of carbonyl (C=O) groups is 1. The number of hydrogen-bond donors (Lipinski definition) is 3. The zero-order chi connectivity index (χ0) is 17.0. The number of amides is 1. The Morgan fingerprint density at radius 2 is 2.21 bits per heavy atom. The van der Waals surface area contributed by atoms with Crippen molar-refractivity contribution in [3.8, 4) is 0 Å². The molecule has 2 heterocycles. The highest BCUT2D eigenvalue weighted by molar-refractivity contribution is 5.79. The molecule has 0 aliphatic heterocycles. The number of aliphatic hydroxyl groups excluding tert-OH is 1. The fraction of sp³-hybridized carbons (Fsp3) is 0.588. The van der Waals surface area contributed by atoms with E-state index in [1.807, 2.05) is 13.8 Å². The fourth-order valence-corrected chi connectivity index (χ4v) is 4.32. The van der Waals surface area contributed by atoms with Crippen molar-refractivity contribution >= 4 is 11.6 Å². The molecule has 0 bridgehead atoms. The van der Waals surface area contributed by atoms with E-state index in [4.69, 9.17) is 0 Å². The van der Waals surface area contributed by atoms with E-state index in [0.29, 0.717) is 23.4 Å². The van der Waals surface area contributed by atoms with E-state index in [0.717, 1.165) is 29.8 Å². The lowest BCUT2D eigenvalue weighted by atomic mass is 10.0. The van der Waals surface area contributed by atoms with Gasteiger partial charge in [-0.25, -0.2) is 9.50 Å². The number of aliphatic hydroxyl groups is 1. The number of fused-ring (bicyclic) bond motifs is 2. The van der Waals surface area contributed by atoms with Crippen LogP contribution in [0, 0.1) is 31.6 Å². The molecule has 1 amide bonds. The highest BCUT2D eigenvalue weighted by Gasteiger charge is 2.54. The minimum atomic E-state index is -0.202. The molecule has 4 rings (SSSR count). The Labute approximate surface area is 139 Å². The molecule has 0 aromatic carbocycles. The van der Waals surface area contributed by atoms with E-state index in [9.17, 15) is 14.7 Å². The second-order valence-electron chi connectivity index (χ2n) is 7.17. The molecule has 128 valence electrons. The molecule has 2 fully saturated rings. The largest absolute Gasteiger partial charge is 0.396 e. The number of carbonyl (C=O) groups excluding carboxylic acids is 1. The number of rotatable bonds is 4. The lowest BCUT2D eigenvalue weighted by Crippen LogP contribution is -2.37. The maximum atomic E-state index is 12.5. The molecular formula is C17H22N4O3. The van der Waals surface area contributed by atoms with E-state index in [2.05, 4.69) is 15.4 Å². The number of aromatic amines is 1. The Bertz CT molecular complexity index is 869. The van der Waals surface area contributed by atoms with Crippen LogP contribution < -0.4 is 10.9 Å². The standard InChI is InChI=1S/C17H22N4O3/c1-8-11(9(2)21-15(18-8)6-17(24)20-21)5-16(23)19-14-3-10(7-22)12-4-13(12)14/h6,10,12-14,22H,3-5,7H2,1-2H3,(H,19,23)(H,20,24)/t10-,12-,13-,14-/m0/s1. The van der Waals surface area contributed by atoms with Crippen molar-refractivity contribution in [3.05, 3.63) is 33.4 Å². The third-order valence-corrected chi connectivity index (χ3v) is 5.69. The van der Waals surface area contributed by atoms with Gasteiger partial charge in [-0.05, 0) is 44.4 Å². The van der Waals surface area contributed by atoms with Gasteiger partial charge in [0.05, 0.1) is 6.42 Å². The average Bonchev–Trinajstić information content (AvgIpc) is 3.13. The predicted octanol–water partition coefficient (Wildman–Crippen LogP) is 0.315.